The lowest BCUT2D eigenvalue weighted by molar-refractivity contribution is 1.19. The van der Waals surface area contributed by atoms with E-state index in [2.05, 4.69) is 16.0 Å². The molecule has 0 unspecified atom stereocenters. The van der Waals surface area contributed by atoms with E-state index in [-0.39, 0.29) is 0 Å². The van der Waals surface area contributed by atoms with Gasteiger partial charge in [0.15, 0.2) is 0 Å². The third kappa shape index (κ3) is 0.923. The molecule has 3 aromatic rings. The van der Waals surface area contributed by atoms with Gasteiger partial charge in [0.2, 0.25) is 0 Å². The molecule has 0 amide bonds. The fraction of sp³-hybridized carbons (Fsp3) is 0.0909. The first-order valence-electron chi connectivity index (χ1n) is 4.54. The van der Waals surface area contributed by atoms with Crippen LogP contribution in [0, 0.1) is 6.92 Å². The second-order valence-electron chi connectivity index (χ2n) is 3.36. The minimum absolute atomic E-state index is 0.953. The fourth-order valence-electron chi connectivity index (χ4n) is 1.71. The van der Waals surface area contributed by atoms with E-state index in [9.17, 15) is 0 Å². The molecule has 0 aliphatic heterocycles. The molecule has 0 fully saturated rings. The van der Waals surface area contributed by atoms with Crippen molar-refractivity contribution in [3.05, 3.63) is 42.4 Å². The second-order valence-corrected chi connectivity index (χ2v) is 3.36. The summed E-state index contributed by atoms with van der Waals surface area (Å²) in [5, 5.41) is 1.14. The molecular formula is C11H9N3. The summed E-state index contributed by atoms with van der Waals surface area (Å²) in [6.07, 6.45) is 3.81. The van der Waals surface area contributed by atoms with Crippen LogP contribution in [0.3, 0.4) is 0 Å². The molecule has 3 heterocycles. The highest BCUT2D eigenvalue weighted by atomic mass is 15.0. The number of fused-ring (bicyclic) bond motifs is 3. The number of hydrogen-bond acceptors (Lipinski definition) is 2. The summed E-state index contributed by atoms with van der Waals surface area (Å²) in [6, 6.07) is 8.05. The standard InChI is InChI=1S/C11H9N3/c1-8-7-14-10(13-8)5-4-9-3-2-6-12-11(9)14/h2-7H,1H3. The summed E-state index contributed by atoms with van der Waals surface area (Å²) < 4.78 is 2.02. The van der Waals surface area contributed by atoms with Crippen LogP contribution in [0.4, 0.5) is 0 Å². The van der Waals surface area contributed by atoms with E-state index in [4.69, 9.17) is 0 Å². The van der Waals surface area contributed by atoms with Crippen molar-refractivity contribution < 1.29 is 0 Å². The quantitative estimate of drug-likeness (QED) is 0.534. The van der Waals surface area contributed by atoms with E-state index in [1.807, 2.05) is 35.7 Å². The second kappa shape index (κ2) is 2.54. The van der Waals surface area contributed by atoms with Gasteiger partial charge >= 0.3 is 0 Å². The van der Waals surface area contributed by atoms with Crippen LogP contribution >= 0.6 is 0 Å². The van der Waals surface area contributed by atoms with E-state index >= 15 is 0 Å². The molecule has 0 aliphatic rings. The van der Waals surface area contributed by atoms with Gasteiger partial charge in [-0.15, -0.1) is 0 Å². The van der Waals surface area contributed by atoms with Crippen molar-refractivity contribution in [2.75, 3.05) is 0 Å². The molecule has 3 heteroatoms. The predicted octanol–water partition coefficient (Wildman–Crippen LogP) is 2.19. The van der Waals surface area contributed by atoms with Gasteiger partial charge in [0.1, 0.15) is 11.3 Å². The van der Waals surface area contributed by atoms with Gasteiger partial charge in [0.25, 0.3) is 0 Å². The normalized spacial score (nSPS) is 11.2. The Bertz CT molecular complexity index is 610. The Balaban J connectivity index is 2.60. The number of nitrogens with zero attached hydrogens (tertiary/aromatic N) is 3. The smallest absolute Gasteiger partial charge is 0.145 e. The largest absolute Gasteiger partial charge is 0.284 e. The Morgan fingerprint density at radius 1 is 1.21 bits per heavy atom. The first kappa shape index (κ1) is 7.50. The average molecular weight is 183 g/mol. The third-order valence-corrected chi connectivity index (χ3v) is 2.31. The van der Waals surface area contributed by atoms with Gasteiger partial charge in [-0.2, -0.15) is 0 Å². The topological polar surface area (TPSA) is 30.2 Å². The molecule has 0 spiro atoms. The third-order valence-electron chi connectivity index (χ3n) is 2.31. The molecule has 0 aromatic carbocycles. The van der Waals surface area contributed by atoms with Crippen molar-refractivity contribution >= 4 is 16.7 Å². The summed E-state index contributed by atoms with van der Waals surface area (Å²) in [7, 11) is 0. The number of rotatable bonds is 0. The molecule has 0 saturated carbocycles. The zero-order valence-corrected chi connectivity index (χ0v) is 7.81. The molecule has 3 nitrogen and oxygen atoms in total. The minimum atomic E-state index is 0.953. The summed E-state index contributed by atoms with van der Waals surface area (Å²) in [4.78, 5) is 8.73. The highest BCUT2D eigenvalue weighted by Gasteiger charge is 2.01. The maximum absolute atomic E-state index is 4.39. The monoisotopic (exact) mass is 183 g/mol. The first-order chi connectivity index (χ1) is 6.84. The lowest BCUT2D eigenvalue weighted by Gasteiger charge is -1.98. The van der Waals surface area contributed by atoms with Crippen LogP contribution in [0.15, 0.2) is 36.7 Å². The number of aryl methyl sites for hydroxylation is 1. The van der Waals surface area contributed by atoms with Crippen LogP contribution in [0.25, 0.3) is 16.7 Å². The van der Waals surface area contributed by atoms with Gasteiger partial charge in [-0.1, -0.05) is 0 Å². The Morgan fingerprint density at radius 2 is 2.14 bits per heavy atom. The predicted molar refractivity (Wildman–Crippen MR) is 55.2 cm³/mol. The van der Waals surface area contributed by atoms with E-state index < -0.39 is 0 Å². The number of aromatic nitrogens is 3. The summed E-state index contributed by atoms with van der Waals surface area (Å²) in [6.45, 7) is 1.99. The summed E-state index contributed by atoms with van der Waals surface area (Å²) in [5.74, 6) is 0. The molecule has 3 aromatic heterocycles. The van der Waals surface area contributed by atoms with E-state index in [0.29, 0.717) is 0 Å². The minimum Gasteiger partial charge on any atom is -0.284 e. The highest BCUT2D eigenvalue weighted by Crippen LogP contribution is 2.14. The molecule has 14 heavy (non-hydrogen) atoms. The molecule has 0 radical (unpaired) electrons. The van der Waals surface area contributed by atoms with Crippen LogP contribution in [0.1, 0.15) is 5.69 Å². The van der Waals surface area contributed by atoms with Crippen molar-refractivity contribution in [1.82, 2.24) is 14.4 Å². The van der Waals surface area contributed by atoms with Crippen molar-refractivity contribution in [1.29, 1.82) is 0 Å². The zero-order chi connectivity index (χ0) is 9.54. The zero-order valence-electron chi connectivity index (χ0n) is 7.81. The fourth-order valence-corrected chi connectivity index (χ4v) is 1.71. The van der Waals surface area contributed by atoms with Crippen molar-refractivity contribution in [3.63, 3.8) is 0 Å². The van der Waals surface area contributed by atoms with Crippen molar-refractivity contribution in [3.8, 4) is 0 Å². The highest BCUT2D eigenvalue weighted by molar-refractivity contribution is 5.78. The molecule has 0 atom stereocenters. The SMILES string of the molecule is Cc1cn2c(ccc3cccnc32)n1. The molecule has 0 saturated heterocycles. The van der Waals surface area contributed by atoms with E-state index in [1.165, 1.54) is 0 Å². The number of hydrogen-bond donors (Lipinski definition) is 0. The van der Waals surface area contributed by atoms with Gasteiger partial charge in [0.05, 0.1) is 5.69 Å². The maximum Gasteiger partial charge on any atom is 0.145 e. The van der Waals surface area contributed by atoms with Gasteiger partial charge < -0.3 is 0 Å². The Hall–Kier alpha value is -1.90. The number of pyridine rings is 2. The molecule has 3 rings (SSSR count). The molecule has 0 N–H and O–H groups in total. The molecule has 0 bridgehead atoms. The van der Waals surface area contributed by atoms with Crippen molar-refractivity contribution in [2.45, 2.75) is 6.92 Å². The van der Waals surface area contributed by atoms with Crippen LogP contribution < -0.4 is 0 Å². The van der Waals surface area contributed by atoms with Gasteiger partial charge in [-0.05, 0) is 31.2 Å². The molecule has 0 aliphatic carbocycles. The number of imidazole rings is 1. The Morgan fingerprint density at radius 3 is 3.07 bits per heavy atom. The van der Waals surface area contributed by atoms with E-state index in [1.54, 1.807) is 6.20 Å². The molecule has 68 valence electrons. The lowest BCUT2D eigenvalue weighted by atomic mass is 10.3. The van der Waals surface area contributed by atoms with Gasteiger partial charge in [-0.25, -0.2) is 9.97 Å². The first-order valence-corrected chi connectivity index (χ1v) is 4.54. The Labute approximate surface area is 81.0 Å². The van der Waals surface area contributed by atoms with E-state index in [0.717, 1.165) is 22.4 Å². The maximum atomic E-state index is 4.39. The molecular weight excluding hydrogens is 174 g/mol. The summed E-state index contributed by atoms with van der Waals surface area (Å²) in [5.41, 5.74) is 2.93. The van der Waals surface area contributed by atoms with Crippen LogP contribution in [-0.2, 0) is 0 Å². The van der Waals surface area contributed by atoms with Crippen LogP contribution in [0.2, 0.25) is 0 Å². The summed E-state index contributed by atoms with van der Waals surface area (Å²) >= 11 is 0. The van der Waals surface area contributed by atoms with Crippen LogP contribution in [0.5, 0.6) is 0 Å². The van der Waals surface area contributed by atoms with Gasteiger partial charge in [-0.3, -0.25) is 4.40 Å². The lowest BCUT2D eigenvalue weighted by Crippen LogP contribution is -1.88. The van der Waals surface area contributed by atoms with Gasteiger partial charge in [0, 0.05) is 17.8 Å². The van der Waals surface area contributed by atoms with Crippen LogP contribution in [-0.4, -0.2) is 14.4 Å². The van der Waals surface area contributed by atoms with Crippen molar-refractivity contribution in [2.24, 2.45) is 0 Å². The Kier molecular flexibility index (Phi) is 1.36. The average Bonchev–Trinajstić information content (AvgIpc) is 2.59.